The van der Waals surface area contributed by atoms with Crippen LogP contribution in [0.15, 0.2) is 0 Å². The van der Waals surface area contributed by atoms with Gasteiger partial charge in [0.25, 0.3) is 0 Å². The fourth-order valence-electron chi connectivity index (χ4n) is 1.93. The molecule has 0 aliphatic carbocycles. The highest BCUT2D eigenvalue weighted by atomic mass is 19.4. The molecule has 12 heteroatoms. The van der Waals surface area contributed by atoms with Crippen molar-refractivity contribution in [3.63, 3.8) is 0 Å². The van der Waals surface area contributed by atoms with E-state index in [9.17, 15) is 35.1 Å². The zero-order chi connectivity index (χ0) is 17.7. The minimum atomic E-state index is -4.53. The number of rotatable bonds is 8. The second-order valence-electron chi connectivity index (χ2n) is 4.82. The van der Waals surface area contributed by atoms with Crippen molar-refractivity contribution >= 4 is 0 Å². The maximum atomic E-state index is 13.9. The molecule has 0 N–H and O–H groups in total. The predicted molar refractivity (Wildman–Crippen MR) is 61.8 cm³/mol. The Morgan fingerprint density at radius 2 is 1.09 bits per heavy atom. The highest BCUT2D eigenvalue weighted by Gasteiger charge is 2.48. The second kappa shape index (κ2) is 7.90. The maximum absolute atomic E-state index is 13.9. The molecule has 4 nitrogen and oxygen atoms in total. The lowest BCUT2D eigenvalue weighted by Gasteiger charge is -2.29. The van der Waals surface area contributed by atoms with E-state index in [-0.39, 0.29) is 13.1 Å². The van der Waals surface area contributed by atoms with Crippen LogP contribution in [0.25, 0.3) is 0 Å². The molecule has 1 aliphatic heterocycles. The molecular formula is C11H16F8N2O2. The molecule has 138 valence electrons. The van der Waals surface area contributed by atoms with Gasteiger partial charge in [-0.25, -0.2) is 9.80 Å². The number of alkyl halides is 8. The van der Waals surface area contributed by atoms with Crippen LogP contribution in [0.3, 0.4) is 0 Å². The van der Waals surface area contributed by atoms with Gasteiger partial charge in [-0.15, -0.1) is 0 Å². The third-order valence-electron chi connectivity index (χ3n) is 2.94. The van der Waals surface area contributed by atoms with Crippen LogP contribution in [-0.4, -0.2) is 80.9 Å². The van der Waals surface area contributed by atoms with Crippen molar-refractivity contribution < 1.29 is 44.6 Å². The SMILES string of the molecule is FC(F)(F)COCCN1CCN(CCOCC(F)(F)F)C1(F)F. The Balaban J connectivity index is 2.29. The molecule has 1 heterocycles. The zero-order valence-corrected chi connectivity index (χ0v) is 11.9. The van der Waals surface area contributed by atoms with Crippen LogP contribution in [0.4, 0.5) is 35.1 Å². The summed E-state index contributed by atoms with van der Waals surface area (Å²) in [5.74, 6) is 0. The molecule has 0 amide bonds. The van der Waals surface area contributed by atoms with E-state index in [1.807, 2.05) is 0 Å². The number of hydrogen-bond acceptors (Lipinski definition) is 4. The molecule has 0 unspecified atom stereocenters. The number of halogens is 8. The predicted octanol–water partition coefficient (Wildman–Crippen LogP) is 2.31. The molecule has 0 aromatic rings. The van der Waals surface area contributed by atoms with E-state index < -0.39 is 58.0 Å². The molecule has 0 spiro atoms. The van der Waals surface area contributed by atoms with E-state index in [1.165, 1.54) is 0 Å². The van der Waals surface area contributed by atoms with E-state index in [0.29, 0.717) is 9.80 Å². The van der Waals surface area contributed by atoms with Crippen molar-refractivity contribution in [2.75, 3.05) is 52.6 Å². The lowest BCUT2D eigenvalue weighted by Crippen LogP contribution is -2.48. The summed E-state index contributed by atoms with van der Waals surface area (Å²) in [4.78, 5) is 1.21. The zero-order valence-electron chi connectivity index (χ0n) is 11.9. The van der Waals surface area contributed by atoms with Gasteiger partial charge < -0.3 is 9.47 Å². The molecule has 0 radical (unpaired) electrons. The molecule has 1 fully saturated rings. The van der Waals surface area contributed by atoms with Crippen LogP contribution in [0, 0.1) is 0 Å². The largest absolute Gasteiger partial charge is 0.411 e. The van der Waals surface area contributed by atoms with Gasteiger partial charge in [0.15, 0.2) is 0 Å². The highest BCUT2D eigenvalue weighted by Crippen LogP contribution is 2.29. The minimum Gasteiger partial charge on any atom is -0.371 e. The Morgan fingerprint density at radius 3 is 1.39 bits per heavy atom. The van der Waals surface area contributed by atoms with Crippen LogP contribution < -0.4 is 0 Å². The first kappa shape index (κ1) is 20.3. The van der Waals surface area contributed by atoms with E-state index in [4.69, 9.17) is 0 Å². The van der Waals surface area contributed by atoms with Crippen molar-refractivity contribution in [3.05, 3.63) is 0 Å². The fourth-order valence-corrected chi connectivity index (χ4v) is 1.93. The molecule has 23 heavy (non-hydrogen) atoms. The summed E-state index contributed by atoms with van der Waals surface area (Å²) in [5.41, 5.74) is 0. The summed E-state index contributed by atoms with van der Waals surface area (Å²) in [5, 5.41) is 0. The number of ether oxygens (including phenoxy) is 2. The average Bonchev–Trinajstić information content (AvgIpc) is 2.63. The Hall–Kier alpha value is -0.720. The van der Waals surface area contributed by atoms with Crippen molar-refractivity contribution in [1.82, 2.24) is 9.80 Å². The van der Waals surface area contributed by atoms with Crippen molar-refractivity contribution in [2.24, 2.45) is 0 Å². The molecule has 0 atom stereocenters. The van der Waals surface area contributed by atoms with Crippen LogP contribution in [0.5, 0.6) is 0 Å². The number of nitrogens with zero attached hydrogens (tertiary/aromatic N) is 2. The molecule has 0 aromatic heterocycles. The summed E-state index contributed by atoms with van der Waals surface area (Å²) < 4.78 is 107. The molecule has 1 rings (SSSR count). The Bertz CT molecular complexity index is 329. The molecule has 0 bridgehead atoms. The summed E-state index contributed by atoms with van der Waals surface area (Å²) in [6, 6.07) is 0. The lowest BCUT2D eigenvalue weighted by molar-refractivity contribution is -0.222. The van der Waals surface area contributed by atoms with Crippen molar-refractivity contribution in [1.29, 1.82) is 0 Å². The van der Waals surface area contributed by atoms with Gasteiger partial charge in [0.2, 0.25) is 0 Å². The van der Waals surface area contributed by atoms with Crippen LogP contribution in [-0.2, 0) is 9.47 Å². The lowest BCUT2D eigenvalue weighted by atomic mass is 10.5. The third-order valence-corrected chi connectivity index (χ3v) is 2.94. The summed E-state index contributed by atoms with van der Waals surface area (Å²) >= 11 is 0. The molecule has 1 aliphatic rings. The monoisotopic (exact) mass is 360 g/mol. The third kappa shape index (κ3) is 7.59. The smallest absolute Gasteiger partial charge is 0.371 e. The van der Waals surface area contributed by atoms with Crippen molar-refractivity contribution in [3.8, 4) is 0 Å². The molecule has 0 aromatic carbocycles. The summed E-state index contributed by atoms with van der Waals surface area (Å²) in [6.45, 7) is -5.25. The van der Waals surface area contributed by atoms with Gasteiger partial charge in [0.05, 0.1) is 13.2 Å². The normalized spacial score (nSPS) is 20.3. The van der Waals surface area contributed by atoms with Crippen molar-refractivity contribution in [2.45, 2.75) is 18.5 Å². The van der Waals surface area contributed by atoms with E-state index in [1.54, 1.807) is 0 Å². The van der Waals surface area contributed by atoms with Gasteiger partial charge in [0, 0.05) is 26.2 Å². The van der Waals surface area contributed by atoms with E-state index >= 15 is 0 Å². The van der Waals surface area contributed by atoms with Crippen LogP contribution >= 0.6 is 0 Å². The highest BCUT2D eigenvalue weighted by molar-refractivity contribution is 4.80. The van der Waals surface area contributed by atoms with Gasteiger partial charge in [-0.3, -0.25) is 0 Å². The van der Waals surface area contributed by atoms with Gasteiger partial charge in [-0.2, -0.15) is 35.1 Å². The quantitative estimate of drug-likeness (QED) is 0.377. The maximum Gasteiger partial charge on any atom is 0.411 e. The topological polar surface area (TPSA) is 24.9 Å². The average molecular weight is 360 g/mol. The first-order valence-electron chi connectivity index (χ1n) is 6.59. The molecule has 0 saturated carbocycles. The standard InChI is InChI=1S/C11H16F8N2O2/c12-9(13,14)7-22-5-3-20-1-2-21(11(20,18)19)4-6-23-8-10(15,16)17/h1-8H2. The summed E-state index contributed by atoms with van der Waals surface area (Å²) in [7, 11) is 0. The fraction of sp³-hybridized carbons (Fsp3) is 1.00. The van der Waals surface area contributed by atoms with Gasteiger partial charge in [-0.05, 0) is 0 Å². The minimum absolute atomic E-state index is 0.137. The second-order valence-corrected chi connectivity index (χ2v) is 4.82. The van der Waals surface area contributed by atoms with Gasteiger partial charge in [0.1, 0.15) is 13.2 Å². The molecular weight excluding hydrogens is 344 g/mol. The van der Waals surface area contributed by atoms with Crippen LogP contribution in [0.1, 0.15) is 0 Å². The molecule has 1 saturated heterocycles. The van der Waals surface area contributed by atoms with Gasteiger partial charge in [-0.1, -0.05) is 0 Å². The summed E-state index contributed by atoms with van der Waals surface area (Å²) in [6.07, 6.45) is -12.5. The van der Waals surface area contributed by atoms with E-state index in [0.717, 1.165) is 0 Å². The number of hydrogen-bond donors (Lipinski definition) is 0. The van der Waals surface area contributed by atoms with E-state index in [2.05, 4.69) is 9.47 Å². The Labute approximate surface area is 126 Å². The Kier molecular flexibility index (Phi) is 6.98. The first-order valence-corrected chi connectivity index (χ1v) is 6.59. The van der Waals surface area contributed by atoms with Gasteiger partial charge >= 0.3 is 18.5 Å². The Morgan fingerprint density at radius 1 is 0.739 bits per heavy atom. The van der Waals surface area contributed by atoms with Crippen LogP contribution in [0.2, 0.25) is 0 Å². The first-order chi connectivity index (χ1) is 10.4.